The summed E-state index contributed by atoms with van der Waals surface area (Å²) < 4.78 is 10.9. The lowest BCUT2D eigenvalue weighted by molar-refractivity contribution is -0.128. The molecule has 0 aliphatic carbocycles. The molecule has 0 amide bonds. The van der Waals surface area contributed by atoms with Gasteiger partial charge in [-0.1, -0.05) is 49.0 Å². The summed E-state index contributed by atoms with van der Waals surface area (Å²) in [5, 5.41) is -0.484. The van der Waals surface area contributed by atoms with Gasteiger partial charge in [-0.3, -0.25) is 4.79 Å². The fourth-order valence-corrected chi connectivity index (χ4v) is 1.48. The molecule has 0 saturated carbocycles. The maximum absolute atomic E-state index is 11.4. The van der Waals surface area contributed by atoms with Crippen molar-refractivity contribution < 1.29 is 14.3 Å². The lowest BCUT2D eigenvalue weighted by Gasteiger charge is -2.17. The van der Waals surface area contributed by atoms with E-state index in [0.29, 0.717) is 11.5 Å². The molecule has 18 heavy (non-hydrogen) atoms. The Labute approximate surface area is 111 Å². The average molecular weight is 260 g/mol. The van der Waals surface area contributed by atoms with Gasteiger partial charge in [0.05, 0.1) is 0 Å². The summed E-state index contributed by atoms with van der Waals surface area (Å²) in [6.45, 7) is 0. The number of thiol groups is 1. The molecular formula is C14H12O3S. The Kier molecular flexibility index (Phi) is 4.25. The van der Waals surface area contributed by atoms with Crippen LogP contribution in [0.15, 0.2) is 60.7 Å². The minimum Gasteiger partial charge on any atom is -0.447 e. The molecule has 0 saturated heterocycles. The van der Waals surface area contributed by atoms with Crippen molar-refractivity contribution in [2.45, 2.75) is 6.29 Å². The van der Waals surface area contributed by atoms with Gasteiger partial charge >= 0.3 is 6.29 Å². The van der Waals surface area contributed by atoms with Crippen LogP contribution in [0.1, 0.15) is 0 Å². The Morgan fingerprint density at radius 1 is 0.833 bits per heavy atom. The van der Waals surface area contributed by atoms with Gasteiger partial charge < -0.3 is 9.47 Å². The topological polar surface area (TPSA) is 35.5 Å². The first-order valence-corrected chi connectivity index (χ1v) is 5.86. The maximum Gasteiger partial charge on any atom is 0.310 e. The number of benzene rings is 2. The number of ether oxygens (including phenoxy) is 2. The monoisotopic (exact) mass is 260 g/mol. The van der Waals surface area contributed by atoms with Crippen LogP contribution in [0.5, 0.6) is 11.5 Å². The number of hydrogen-bond acceptors (Lipinski definition) is 3. The second-order valence-electron chi connectivity index (χ2n) is 3.53. The Morgan fingerprint density at radius 3 is 1.56 bits per heavy atom. The van der Waals surface area contributed by atoms with Gasteiger partial charge in [0.25, 0.3) is 5.12 Å². The van der Waals surface area contributed by atoms with E-state index < -0.39 is 11.4 Å². The van der Waals surface area contributed by atoms with E-state index in [9.17, 15) is 4.79 Å². The van der Waals surface area contributed by atoms with E-state index in [1.165, 1.54) is 0 Å². The summed E-state index contributed by atoms with van der Waals surface area (Å²) >= 11 is 3.76. The van der Waals surface area contributed by atoms with Crippen molar-refractivity contribution in [1.82, 2.24) is 0 Å². The minimum atomic E-state index is -1.06. The van der Waals surface area contributed by atoms with Gasteiger partial charge in [-0.15, -0.1) is 0 Å². The van der Waals surface area contributed by atoms with Crippen molar-refractivity contribution in [2.75, 3.05) is 0 Å². The van der Waals surface area contributed by atoms with Crippen molar-refractivity contribution in [1.29, 1.82) is 0 Å². The van der Waals surface area contributed by atoms with Crippen LogP contribution < -0.4 is 9.47 Å². The van der Waals surface area contributed by atoms with Gasteiger partial charge in [0.1, 0.15) is 11.5 Å². The Bertz CT molecular complexity index is 457. The Hall–Kier alpha value is -1.94. The molecule has 0 N–H and O–H groups in total. The van der Waals surface area contributed by atoms with Crippen LogP contribution >= 0.6 is 12.6 Å². The van der Waals surface area contributed by atoms with Crippen LogP contribution in [0.25, 0.3) is 0 Å². The summed E-state index contributed by atoms with van der Waals surface area (Å²) in [6.07, 6.45) is -1.06. The standard InChI is InChI=1S/C14H12O3S/c15-13(18)14(16-11-7-3-1-4-8-11)17-12-9-5-2-6-10-12/h1-10,14H,(H,15,18). The molecule has 0 aliphatic heterocycles. The van der Waals surface area contributed by atoms with E-state index in [2.05, 4.69) is 12.6 Å². The molecule has 0 fully saturated rings. The first kappa shape index (κ1) is 12.5. The lowest BCUT2D eigenvalue weighted by Crippen LogP contribution is -2.30. The van der Waals surface area contributed by atoms with Gasteiger partial charge in [0.15, 0.2) is 0 Å². The molecule has 4 heteroatoms. The SMILES string of the molecule is O=C(S)C(Oc1ccccc1)Oc1ccccc1. The molecule has 2 aromatic carbocycles. The van der Waals surface area contributed by atoms with Gasteiger partial charge in [-0.25, -0.2) is 0 Å². The van der Waals surface area contributed by atoms with E-state index in [-0.39, 0.29) is 0 Å². The summed E-state index contributed by atoms with van der Waals surface area (Å²) in [4.78, 5) is 11.4. The first-order chi connectivity index (χ1) is 8.75. The zero-order valence-corrected chi connectivity index (χ0v) is 10.4. The quantitative estimate of drug-likeness (QED) is 0.663. The normalized spacial score (nSPS) is 10.1. The second kappa shape index (κ2) is 6.12. The highest BCUT2D eigenvalue weighted by atomic mass is 32.1. The highest BCUT2D eigenvalue weighted by Crippen LogP contribution is 2.16. The number of hydrogen-bond donors (Lipinski definition) is 1. The maximum atomic E-state index is 11.4. The number of carbonyl (C=O) groups excluding carboxylic acids is 1. The Morgan fingerprint density at radius 2 is 1.22 bits per heavy atom. The molecule has 0 radical (unpaired) electrons. The molecular weight excluding hydrogens is 248 g/mol. The average Bonchev–Trinajstić information content (AvgIpc) is 2.40. The fourth-order valence-electron chi connectivity index (χ4n) is 1.37. The zero-order chi connectivity index (χ0) is 12.8. The minimum absolute atomic E-state index is 0.484. The van der Waals surface area contributed by atoms with Crippen molar-refractivity contribution >= 4 is 17.7 Å². The predicted molar refractivity (Wildman–Crippen MR) is 71.9 cm³/mol. The molecule has 3 nitrogen and oxygen atoms in total. The predicted octanol–water partition coefficient (Wildman–Crippen LogP) is 2.93. The summed E-state index contributed by atoms with van der Waals surface area (Å²) in [7, 11) is 0. The third-order valence-corrected chi connectivity index (χ3v) is 2.39. The zero-order valence-electron chi connectivity index (χ0n) is 9.52. The van der Waals surface area contributed by atoms with Crippen molar-refractivity contribution in [3.63, 3.8) is 0 Å². The summed E-state index contributed by atoms with van der Waals surface area (Å²) in [5.41, 5.74) is 0. The van der Waals surface area contributed by atoms with Crippen LogP contribution in [0.4, 0.5) is 0 Å². The highest BCUT2D eigenvalue weighted by molar-refractivity contribution is 7.96. The van der Waals surface area contributed by atoms with E-state index >= 15 is 0 Å². The first-order valence-electron chi connectivity index (χ1n) is 5.42. The molecule has 0 aliphatic rings. The number of rotatable bonds is 5. The van der Waals surface area contributed by atoms with E-state index in [0.717, 1.165) is 0 Å². The summed E-state index contributed by atoms with van der Waals surface area (Å²) in [5.74, 6) is 1.11. The summed E-state index contributed by atoms with van der Waals surface area (Å²) in [6, 6.07) is 18.0. The third-order valence-electron chi connectivity index (χ3n) is 2.17. The number of para-hydroxylation sites is 2. The third kappa shape index (κ3) is 3.53. The molecule has 0 bridgehead atoms. The molecule has 0 spiro atoms. The largest absolute Gasteiger partial charge is 0.447 e. The Balaban J connectivity index is 2.08. The fraction of sp³-hybridized carbons (Fsp3) is 0.0714. The van der Waals surface area contributed by atoms with Gasteiger partial charge in [0, 0.05) is 0 Å². The molecule has 2 rings (SSSR count). The van der Waals surface area contributed by atoms with Crippen LogP contribution in [0, 0.1) is 0 Å². The highest BCUT2D eigenvalue weighted by Gasteiger charge is 2.18. The smallest absolute Gasteiger partial charge is 0.310 e. The lowest BCUT2D eigenvalue weighted by atomic mass is 10.3. The van der Waals surface area contributed by atoms with Crippen molar-refractivity contribution in [3.8, 4) is 11.5 Å². The molecule has 0 aromatic heterocycles. The molecule has 92 valence electrons. The van der Waals surface area contributed by atoms with Gasteiger partial charge in [0.2, 0.25) is 0 Å². The van der Waals surface area contributed by atoms with Crippen LogP contribution in [0.3, 0.4) is 0 Å². The van der Waals surface area contributed by atoms with E-state index in [1.807, 2.05) is 36.4 Å². The van der Waals surface area contributed by atoms with Crippen LogP contribution in [0.2, 0.25) is 0 Å². The van der Waals surface area contributed by atoms with E-state index in [1.54, 1.807) is 24.3 Å². The van der Waals surface area contributed by atoms with Crippen molar-refractivity contribution in [2.24, 2.45) is 0 Å². The van der Waals surface area contributed by atoms with Gasteiger partial charge in [-0.2, -0.15) is 0 Å². The molecule has 0 unspecified atom stereocenters. The molecule has 0 atom stereocenters. The molecule has 2 aromatic rings. The second-order valence-corrected chi connectivity index (χ2v) is 3.97. The van der Waals surface area contributed by atoms with E-state index in [4.69, 9.17) is 9.47 Å². The van der Waals surface area contributed by atoms with Crippen LogP contribution in [-0.4, -0.2) is 11.4 Å². The van der Waals surface area contributed by atoms with Crippen molar-refractivity contribution in [3.05, 3.63) is 60.7 Å². The van der Waals surface area contributed by atoms with Gasteiger partial charge in [-0.05, 0) is 24.3 Å². The number of carbonyl (C=O) groups is 1. The van der Waals surface area contributed by atoms with Crippen LogP contribution in [-0.2, 0) is 4.79 Å². The molecule has 0 heterocycles.